The fourth-order valence-corrected chi connectivity index (χ4v) is 3.09. The minimum atomic E-state index is -0.400. The molecule has 0 spiro atoms. The highest BCUT2D eigenvalue weighted by Crippen LogP contribution is 2.37. The molecule has 1 aliphatic rings. The molecule has 5 nitrogen and oxygen atoms in total. The molecule has 1 heterocycles. The maximum atomic E-state index is 12.9. The molecule has 1 aromatic heterocycles. The summed E-state index contributed by atoms with van der Waals surface area (Å²) in [5.41, 5.74) is 0.216. The number of ketones is 1. The van der Waals surface area contributed by atoms with E-state index in [-0.39, 0.29) is 23.3 Å². The number of H-pyrrole nitrogens is 1. The van der Waals surface area contributed by atoms with E-state index in [1.54, 1.807) is 11.5 Å². The summed E-state index contributed by atoms with van der Waals surface area (Å²) in [6.07, 6.45) is 1.93. The summed E-state index contributed by atoms with van der Waals surface area (Å²) in [7, 11) is 0. The number of halogens is 1. The first-order chi connectivity index (χ1) is 10.1. The van der Waals surface area contributed by atoms with E-state index in [0.29, 0.717) is 10.7 Å². The first-order valence-electron chi connectivity index (χ1n) is 6.69. The van der Waals surface area contributed by atoms with Crippen LogP contribution in [0.4, 0.5) is 4.39 Å². The molecule has 110 valence electrons. The predicted octanol–water partition coefficient (Wildman–Crippen LogP) is 2.41. The fraction of sp³-hybridized carbons (Fsp3) is 0.357. The van der Waals surface area contributed by atoms with Gasteiger partial charge >= 0.3 is 5.69 Å². The number of nitrogens with zero attached hydrogens (tertiary/aromatic N) is 2. The number of Topliss-reactive ketones (excluding diaryl/α,β-unsaturated/α-hetero) is 1. The summed E-state index contributed by atoms with van der Waals surface area (Å²) in [5, 5.41) is 6.54. The number of carbonyl (C=O) groups is 1. The normalized spacial score (nSPS) is 15.9. The number of thioether (sulfide) groups is 1. The van der Waals surface area contributed by atoms with E-state index in [2.05, 4.69) is 10.2 Å². The Hall–Kier alpha value is -1.89. The second-order valence-corrected chi connectivity index (χ2v) is 6.35. The van der Waals surface area contributed by atoms with Crippen molar-refractivity contribution in [2.24, 2.45) is 0 Å². The van der Waals surface area contributed by atoms with Crippen molar-refractivity contribution in [1.29, 1.82) is 0 Å². The lowest BCUT2D eigenvalue weighted by atomic mass is 10.1. The van der Waals surface area contributed by atoms with E-state index >= 15 is 0 Å². The van der Waals surface area contributed by atoms with Gasteiger partial charge in [0.1, 0.15) is 5.82 Å². The highest BCUT2D eigenvalue weighted by Gasteiger charge is 2.30. The van der Waals surface area contributed by atoms with Gasteiger partial charge in [0.2, 0.25) is 0 Å². The van der Waals surface area contributed by atoms with Crippen LogP contribution in [0.1, 0.15) is 36.2 Å². The van der Waals surface area contributed by atoms with E-state index in [1.807, 2.05) is 0 Å². The Morgan fingerprint density at radius 3 is 2.71 bits per heavy atom. The van der Waals surface area contributed by atoms with Crippen molar-refractivity contribution in [3.8, 4) is 0 Å². The lowest BCUT2D eigenvalue weighted by molar-refractivity contribution is 0.0994. The van der Waals surface area contributed by atoms with Gasteiger partial charge in [0.15, 0.2) is 10.9 Å². The van der Waals surface area contributed by atoms with Gasteiger partial charge in [0, 0.05) is 11.6 Å². The number of aromatic amines is 1. The molecular formula is C14H14FN3O2S. The minimum absolute atomic E-state index is 0.113. The molecular weight excluding hydrogens is 293 g/mol. The number of benzene rings is 1. The average molecular weight is 307 g/mol. The Labute approximate surface area is 124 Å². The van der Waals surface area contributed by atoms with Crippen LogP contribution in [0.2, 0.25) is 0 Å². The fourth-order valence-electron chi connectivity index (χ4n) is 2.09. The SMILES string of the molecule is C[C@H](Sc1n[nH]c(=O)n1C1CC1)C(=O)c1ccc(F)cc1. The second-order valence-electron chi connectivity index (χ2n) is 5.04. The summed E-state index contributed by atoms with van der Waals surface area (Å²) >= 11 is 1.24. The van der Waals surface area contributed by atoms with Crippen LogP contribution in [0.3, 0.4) is 0 Å². The number of rotatable bonds is 5. The summed E-state index contributed by atoms with van der Waals surface area (Å²) in [4.78, 5) is 24.0. The van der Waals surface area contributed by atoms with E-state index in [1.165, 1.54) is 36.0 Å². The van der Waals surface area contributed by atoms with Crippen LogP contribution in [-0.4, -0.2) is 25.8 Å². The standard InChI is InChI=1S/C14H14FN3O2S/c1-8(12(19)9-2-4-10(15)5-3-9)21-14-17-16-13(20)18(14)11-6-7-11/h2-5,8,11H,6-7H2,1H3,(H,16,20)/t8-/m0/s1. The van der Waals surface area contributed by atoms with Crippen molar-refractivity contribution in [2.45, 2.75) is 36.2 Å². The Morgan fingerprint density at radius 1 is 1.43 bits per heavy atom. The van der Waals surface area contributed by atoms with Gasteiger partial charge in [0.25, 0.3) is 0 Å². The molecule has 1 aliphatic carbocycles. The van der Waals surface area contributed by atoms with Crippen LogP contribution >= 0.6 is 11.8 Å². The highest BCUT2D eigenvalue weighted by molar-refractivity contribution is 8.00. The quantitative estimate of drug-likeness (QED) is 0.680. The molecule has 1 atom stereocenters. The zero-order valence-electron chi connectivity index (χ0n) is 11.4. The van der Waals surface area contributed by atoms with E-state index in [9.17, 15) is 14.0 Å². The Balaban J connectivity index is 1.77. The van der Waals surface area contributed by atoms with E-state index in [0.717, 1.165) is 12.8 Å². The third-order valence-corrected chi connectivity index (χ3v) is 4.43. The van der Waals surface area contributed by atoms with Gasteiger partial charge in [-0.1, -0.05) is 11.8 Å². The van der Waals surface area contributed by atoms with Crippen molar-refractivity contribution in [3.63, 3.8) is 0 Å². The molecule has 0 bridgehead atoms. The summed E-state index contributed by atoms with van der Waals surface area (Å²) in [5.74, 6) is -0.487. The Bertz CT molecular complexity index is 719. The van der Waals surface area contributed by atoms with Crippen LogP contribution in [0.25, 0.3) is 0 Å². The van der Waals surface area contributed by atoms with Crippen LogP contribution in [0, 0.1) is 5.82 Å². The molecule has 3 rings (SSSR count). The van der Waals surface area contributed by atoms with E-state index < -0.39 is 5.25 Å². The topological polar surface area (TPSA) is 67.8 Å². The zero-order chi connectivity index (χ0) is 15.0. The van der Waals surface area contributed by atoms with Crippen molar-refractivity contribution in [1.82, 2.24) is 14.8 Å². The molecule has 1 saturated carbocycles. The molecule has 0 radical (unpaired) electrons. The zero-order valence-corrected chi connectivity index (χ0v) is 12.2. The minimum Gasteiger partial charge on any atom is -0.293 e. The molecule has 1 aromatic carbocycles. The molecule has 1 fully saturated rings. The molecule has 21 heavy (non-hydrogen) atoms. The molecule has 0 saturated heterocycles. The van der Waals surface area contributed by atoms with Crippen molar-refractivity contribution in [2.75, 3.05) is 0 Å². The van der Waals surface area contributed by atoms with Gasteiger partial charge in [0.05, 0.1) is 5.25 Å². The smallest absolute Gasteiger partial charge is 0.293 e. The number of nitrogens with one attached hydrogen (secondary N) is 1. The van der Waals surface area contributed by atoms with Crippen LogP contribution < -0.4 is 5.69 Å². The number of carbonyl (C=O) groups excluding carboxylic acids is 1. The number of aromatic nitrogens is 3. The lowest BCUT2D eigenvalue weighted by Crippen LogP contribution is -2.18. The summed E-state index contributed by atoms with van der Waals surface area (Å²) < 4.78 is 14.5. The van der Waals surface area contributed by atoms with Gasteiger partial charge in [-0.25, -0.2) is 14.3 Å². The molecule has 1 N–H and O–H groups in total. The second kappa shape index (κ2) is 5.48. The Kier molecular flexibility index (Phi) is 3.67. The van der Waals surface area contributed by atoms with Crippen LogP contribution in [-0.2, 0) is 0 Å². The monoisotopic (exact) mass is 307 g/mol. The predicted molar refractivity (Wildman–Crippen MR) is 77.2 cm³/mol. The molecule has 0 aliphatic heterocycles. The third kappa shape index (κ3) is 2.92. The molecule has 2 aromatic rings. The molecule has 7 heteroatoms. The summed E-state index contributed by atoms with van der Waals surface area (Å²) in [6.45, 7) is 1.76. The highest BCUT2D eigenvalue weighted by atomic mass is 32.2. The van der Waals surface area contributed by atoms with Crippen LogP contribution in [0.15, 0.2) is 34.2 Å². The number of hydrogen-bond donors (Lipinski definition) is 1. The third-order valence-electron chi connectivity index (χ3n) is 3.36. The lowest BCUT2D eigenvalue weighted by Gasteiger charge is -2.10. The van der Waals surface area contributed by atoms with Crippen molar-refractivity contribution in [3.05, 3.63) is 46.1 Å². The largest absolute Gasteiger partial charge is 0.344 e. The van der Waals surface area contributed by atoms with Gasteiger partial charge in [-0.2, -0.15) is 0 Å². The maximum absolute atomic E-state index is 12.9. The van der Waals surface area contributed by atoms with Crippen molar-refractivity contribution < 1.29 is 9.18 Å². The van der Waals surface area contributed by atoms with Crippen LogP contribution in [0.5, 0.6) is 0 Å². The first-order valence-corrected chi connectivity index (χ1v) is 7.57. The Morgan fingerprint density at radius 2 is 2.10 bits per heavy atom. The van der Waals surface area contributed by atoms with E-state index in [4.69, 9.17) is 0 Å². The molecule has 0 amide bonds. The maximum Gasteiger partial charge on any atom is 0.344 e. The first kappa shape index (κ1) is 14.1. The van der Waals surface area contributed by atoms with Gasteiger partial charge in [-0.15, -0.1) is 5.10 Å². The van der Waals surface area contributed by atoms with Crippen molar-refractivity contribution >= 4 is 17.5 Å². The van der Waals surface area contributed by atoms with Gasteiger partial charge in [-0.3, -0.25) is 9.36 Å². The summed E-state index contributed by atoms with van der Waals surface area (Å²) in [6, 6.07) is 5.66. The number of hydrogen-bond acceptors (Lipinski definition) is 4. The van der Waals surface area contributed by atoms with Gasteiger partial charge in [-0.05, 0) is 44.0 Å². The molecule has 0 unspecified atom stereocenters. The average Bonchev–Trinajstić information content (AvgIpc) is 3.24. The van der Waals surface area contributed by atoms with Gasteiger partial charge < -0.3 is 0 Å².